The first kappa shape index (κ1) is 17.6. The fourth-order valence-electron chi connectivity index (χ4n) is 2.95. The second kappa shape index (κ2) is 7.43. The molecule has 0 saturated heterocycles. The number of benzene rings is 2. The lowest BCUT2D eigenvalue weighted by Gasteiger charge is -2.04. The van der Waals surface area contributed by atoms with Gasteiger partial charge < -0.3 is 5.32 Å². The Kier molecular flexibility index (Phi) is 4.84. The standard InChI is InChI=1S/C21H15Cl2N3O/c22-16-7-3-5-14(11-16)13-24-21(27)19-18-9-1-2-10-26(18)20(25-19)15-6-4-8-17(23)12-15/h1-12H,13H2,(H,24,27). The van der Waals surface area contributed by atoms with Crippen LogP contribution >= 0.6 is 23.2 Å². The molecule has 27 heavy (non-hydrogen) atoms. The number of fused-ring (bicyclic) bond motifs is 1. The number of carbonyl (C=O) groups excluding carboxylic acids is 1. The highest BCUT2D eigenvalue weighted by Gasteiger charge is 2.18. The van der Waals surface area contributed by atoms with Gasteiger partial charge in [0.25, 0.3) is 5.91 Å². The molecule has 0 bridgehead atoms. The molecule has 6 heteroatoms. The number of nitrogens with one attached hydrogen (secondary N) is 1. The van der Waals surface area contributed by atoms with E-state index >= 15 is 0 Å². The monoisotopic (exact) mass is 395 g/mol. The maximum atomic E-state index is 12.8. The van der Waals surface area contributed by atoms with Gasteiger partial charge in [0.05, 0.1) is 5.52 Å². The summed E-state index contributed by atoms with van der Waals surface area (Å²) >= 11 is 12.1. The van der Waals surface area contributed by atoms with E-state index < -0.39 is 0 Å². The SMILES string of the molecule is O=C(NCc1cccc(Cl)c1)c1nc(-c2cccc(Cl)c2)n2ccccc12. The quantitative estimate of drug-likeness (QED) is 0.513. The van der Waals surface area contributed by atoms with E-state index in [2.05, 4.69) is 10.3 Å². The van der Waals surface area contributed by atoms with E-state index in [9.17, 15) is 4.79 Å². The van der Waals surface area contributed by atoms with Gasteiger partial charge in [0, 0.05) is 28.4 Å². The van der Waals surface area contributed by atoms with E-state index in [1.807, 2.05) is 65.2 Å². The van der Waals surface area contributed by atoms with E-state index in [1.165, 1.54) is 0 Å². The van der Waals surface area contributed by atoms with Crippen LogP contribution in [0, 0.1) is 0 Å². The van der Waals surface area contributed by atoms with Crippen LogP contribution in [-0.4, -0.2) is 15.3 Å². The molecule has 4 aromatic rings. The number of nitrogens with zero attached hydrogens (tertiary/aromatic N) is 2. The van der Waals surface area contributed by atoms with Crippen molar-refractivity contribution >= 4 is 34.6 Å². The van der Waals surface area contributed by atoms with E-state index in [-0.39, 0.29) is 5.91 Å². The van der Waals surface area contributed by atoms with Crippen molar-refractivity contribution in [2.75, 3.05) is 0 Å². The zero-order valence-corrected chi connectivity index (χ0v) is 15.7. The van der Waals surface area contributed by atoms with Crippen molar-refractivity contribution in [3.8, 4) is 11.4 Å². The van der Waals surface area contributed by atoms with Crippen molar-refractivity contribution in [1.82, 2.24) is 14.7 Å². The lowest BCUT2D eigenvalue weighted by atomic mass is 10.2. The van der Waals surface area contributed by atoms with Gasteiger partial charge in [-0.1, -0.05) is 53.5 Å². The van der Waals surface area contributed by atoms with Gasteiger partial charge >= 0.3 is 0 Å². The van der Waals surface area contributed by atoms with Crippen LogP contribution in [0.5, 0.6) is 0 Å². The van der Waals surface area contributed by atoms with Crippen molar-refractivity contribution in [1.29, 1.82) is 0 Å². The maximum absolute atomic E-state index is 12.8. The van der Waals surface area contributed by atoms with Crippen molar-refractivity contribution in [3.05, 3.63) is 94.2 Å². The van der Waals surface area contributed by atoms with Crippen LogP contribution in [0.3, 0.4) is 0 Å². The van der Waals surface area contributed by atoms with Gasteiger partial charge in [0.1, 0.15) is 5.82 Å². The Morgan fingerprint density at radius 3 is 2.52 bits per heavy atom. The Morgan fingerprint density at radius 1 is 0.963 bits per heavy atom. The molecule has 2 aromatic carbocycles. The maximum Gasteiger partial charge on any atom is 0.272 e. The van der Waals surface area contributed by atoms with E-state index in [0.717, 1.165) is 16.6 Å². The molecule has 0 atom stereocenters. The fourth-order valence-corrected chi connectivity index (χ4v) is 3.35. The molecule has 0 fully saturated rings. The number of carbonyl (C=O) groups is 1. The minimum absolute atomic E-state index is 0.244. The van der Waals surface area contributed by atoms with Gasteiger partial charge in [0.15, 0.2) is 5.69 Å². The van der Waals surface area contributed by atoms with Crippen molar-refractivity contribution in [2.45, 2.75) is 6.54 Å². The highest BCUT2D eigenvalue weighted by Crippen LogP contribution is 2.25. The Bertz CT molecular complexity index is 1140. The summed E-state index contributed by atoms with van der Waals surface area (Å²) in [5.74, 6) is 0.424. The Labute approximate surface area is 166 Å². The predicted octanol–water partition coefficient (Wildman–Crippen LogP) is 5.24. The lowest BCUT2D eigenvalue weighted by molar-refractivity contribution is 0.0948. The Balaban J connectivity index is 1.68. The summed E-state index contributed by atoms with van der Waals surface area (Å²) in [5.41, 5.74) is 2.87. The summed E-state index contributed by atoms with van der Waals surface area (Å²) in [7, 11) is 0. The molecule has 2 aromatic heterocycles. The van der Waals surface area contributed by atoms with Gasteiger partial charge in [-0.2, -0.15) is 0 Å². The van der Waals surface area contributed by atoms with E-state index in [4.69, 9.17) is 23.2 Å². The number of pyridine rings is 1. The molecular formula is C21H15Cl2N3O. The minimum atomic E-state index is -0.244. The first-order valence-corrected chi connectivity index (χ1v) is 9.13. The number of rotatable bonds is 4. The summed E-state index contributed by atoms with van der Waals surface area (Å²) in [6.45, 7) is 0.373. The molecule has 2 heterocycles. The molecule has 1 N–H and O–H groups in total. The molecule has 134 valence electrons. The third-order valence-corrected chi connectivity index (χ3v) is 4.66. The number of imidazole rings is 1. The molecule has 1 amide bonds. The first-order valence-electron chi connectivity index (χ1n) is 8.37. The predicted molar refractivity (Wildman–Crippen MR) is 108 cm³/mol. The minimum Gasteiger partial charge on any atom is -0.347 e. The smallest absolute Gasteiger partial charge is 0.272 e. The van der Waals surface area contributed by atoms with Crippen molar-refractivity contribution in [2.24, 2.45) is 0 Å². The zero-order valence-electron chi connectivity index (χ0n) is 14.2. The molecule has 0 aliphatic carbocycles. The number of amides is 1. The molecule has 0 aliphatic rings. The Hall–Kier alpha value is -2.82. The number of halogens is 2. The molecule has 4 rings (SSSR count). The van der Waals surface area contributed by atoms with Gasteiger partial charge in [-0.25, -0.2) is 4.98 Å². The number of aromatic nitrogens is 2. The van der Waals surface area contributed by atoms with Crippen molar-refractivity contribution < 1.29 is 4.79 Å². The largest absolute Gasteiger partial charge is 0.347 e. The van der Waals surface area contributed by atoms with Crippen LogP contribution in [0.15, 0.2) is 72.9 Å². The summed E-state index contributed by atoms with van der Waals surface area (Å²) in [6, 6.07) is 20.5. The highest BCUT2D eigenvalue weighted by atomic mass is 35.5. The second-order valence-corrected chi connectivity index (χ2v) is 6.94. The average molecular weight is 396 g/mol. The second-order valence-electron chi connectivity index (χ2n) is 6.06. The van der Waals surface area contributed by atoms with Crippen LogP contribution in [0.4, 0.5) is 0 Å². The van der Waals surface area contributed by atoms with Crippen LogP contribution in [0.1, 0.15) is 16.1 Å². The average Bonchev–Trinajstić information content (AvgIpc) is 3.06. The van der Waals surface area contributed by atoms with Crippen molar-refractivity contribution in [3.63, 3.8) is 0 Å². The first-order chi connectivity index (χ1) is 13.1. The summed E-state index contributed by atoms with van der Waals surface area (Å²) in [5, 5.41) is 4.17. The lowest BCUT2D eigenvalue weighted by Crippen LogP contribution is -2.23. The van der Waals surface area contributed by atoms with Gasteiger partial charge in [-0.15, -0.1) is 0 Å². The van der Waals surface area contributed by atoms with Gasteiger partial charge in [-0.05, 0) is 42.0 Å². The van der Waals surface area contributed by atoms with E-state index in [0.29, 0.717) is 28.1 Å². The molecule has 0 saturated carbocycles. The Morgan fingerprint density at radius 2 is 1.74 bits per heavy atom. The molecular weight excluding hydrogens is 381 g/mol. The van der Waals surface area contributed by atoms with Crippen LogP contribution < -0.4 is 5.32 Å². The third kappa shape index (κ3) is 3.68. The normalized spacial score (nSPS) is 10.9. The van der Waals surface area contributed by atoms with Crippen LogP contribution in [0.25, 0.3) is 16.9 Å². The summed E-state index contributed by atoms with van der Waals surface area (Å²) in [4.78, 5) is 17.4. The summed E-state index contributed by atoms with van der Waals surface area (Å²) < 4.78 is 1.89. The molecule has 0 aliphatic heterocycles. The zero-order chi connectivity index (χ0) is 18.8. The van der Waals surface area contributed by atoms with Crippen LogP contribution in [0.2, 0.25) is 10.0 Å². The molecule has 4 nitrogen and oxygen atoms in total. The molecule has 0 radical (unpaired) electrons. The fraction of sp³-hybridized carbons (Fsp3) is 0.0476. The van der Waals surface area contributed by atoms with E-state index in [1.54, 1.807) is 12.1 Å². The number of hydrogen-bond acceptors (Lipinski definition) is 2. The third-order valence-electron chi connectivity index (χ3n) is 4.19. The molecule has 0 unspecified atom stereocenters. The number of hydrogen-bond donors (Lipinski definition) is 1. The van der Waals surface area contributed by atoms with Gasteiger partial charge in [0.2, 0.25) is 0 Å². The van der Waals surface area contributed by atoms with Crippen LogP contribution in [-0.2, 0) is 6.54 Å². The summed E-state index contributed by atoms with van der Waals surface area (Å²) in [6.07, 6.45) is 1.88. The topological polar surface area (TPSA) is 46.4 Å². The highest BCUT2D eigenvalue weighted by molar-refractivity contribution is 6.31. The van der Waals surface area contributed by atoms with Gasteiger partial charge in [-0.3, -0.25) is 9.20 Å². The molecule has 0 spiro atoms.